The van der Waals surface area contributed by atoms with Gasteiger partial charge in [0.05, 0.1) is 106 Å². The molecule has 1 atom stereocenters. The van der Waals surface area contributed by atoms with Crippen LogP contribution in [0.3, 0.4) is 0 Å². The van der Waals surface area contributed by atoms with E-state index in [4.69, 9.17) is 42.4 Å². The molecule has 0 amide bonds. The standard InChI is InChI=1S/C24H50O12S/c1-3-5-6-24(4-2)23-35-20-19-33-16-15-31-12-11-29-8-7-28-9-10-30-13-14-32-17-18-34-21-22-36-37(25,26)27/h24H,3-23H2,1-2H3,(H,25,26,27). The molecule has 37 heavy (non-hydrogen) atoms. The molecule has 224 valence electrons. The Labute approximate surface area is 223 Å². The molecular formula is C24H50O12S. The van der Waals surface area contributed by atoms with E-state index in [2.05, 4.69) is 18.0 Å². The van der Waals surface area contributed by atoms with Gasteiger partial charge in [-0.15, -0.1) is 0 Å². The molecular weight excluding hydrogens is 512 g/mol. The van der Waals surface area contributed by atoms with Crippen LogP contribution in [0.25, 0.3) is 0 Å². The first kappa shape index (κ1) is 36.5. The van der Waals surface area contributed by atoms with E-state index in [1.165, 1.54) is 25.7 Å². The molecule has 0 aromatic carbocycles. The highest BCUT2D eigenvalue weighted by molar-refractivity contribution is 7.80. The summed E-state index contributed by atoms with van der Waals surface area (Å²) in [5.41, 5.74) is 0. The Balaban J connectivity index is 3.13. The van der Waals surface area contributed by atoms with Crippen molar-refractivity contribution in [3.63, 3.8) is 0 Å². The highest BCUT2D eigenvalue weighted by Gasteiger charge is 2.05. The zero-order valence-electron chi connectivity index (χ0n) is 22.8. The highest BCUT2D eigenvalue weighted by Crippen LogP contribution is 2.12. The first-order chi connectivity index (χ1) is 18.0. The minimum atomic E-state index is -4.41. The third-order valence-corrected chi connectivity index (χ3v) is 5.43. The summed E-state index contributed by atoms with van der Waals surface area (Å²) in [6, 6.07) is 0. The van der Waals surface area contributed by atoms with Gasteiger partial charge in [0, 0.05) is 6.61 Å². The van der Waals surface area contributed by atoms with Crippen molar-refractivity contribution < 1.29 is 55.0 Å². The van der Waals surface area contributed by atoms with Crippen LogP contribution in [0.5, 0.6) is 0 Å². The predicted molar refractivity (Wildman–Crippen MR) is 137 cm³/mol. The van der Waals surface area contributed by atoms with Crippen molar-refractivity contribution in [2.24, 2.45) is 5.92 Å². The van der Waals surface area contributed by atoms with Crippen LogP contribution >= 0.6 is 0 Å². The van der Waals surface area contributed by atoms with Gasteiger partial charge < -0.3 is 37.9 Å². The number of hydrogen-bond donors (Lipinski definition) is 1. The maximum atomic E-state index is 10.3. The molecule has 0 saturated carbocycles. The second-order valence-electron chi connectivity index (χ2n) is 8.03. The first-order valence-electron chi connectivity index (χ1n) is 13.2. The van der Waals surface area contributed by atoms with E-state index in [0.717, 1.165) is 6.61 Å². The van der Waals surface area contributed by atoms with E-state index in [1.54, 1.807) is 0 Å². The second kappa shape index (κ2) is 28.6. The fourth-order valence-corrected chi connectivity index (χ4v) is 3.16. The predicted octanol–water partition coefficient (Wildman–Crippen LogP) is 2.16. The smallest absolute Gasteiger partial charge is 0.379 e. The zero-order valence-corrected chi connectivity index (χ0v) is 23.6. The maximum absolute atomic E-state index is 10.3. The van der Waals surface area contributed by atoms with E-state index in [0.29, 0.717) is 91.8 Å². The lowest BCUT2D eigenvalue weighted by atomic mass is 10.0. The molecule has 0 bridgehead atoms. The van der Waals surface area contributed by atoms with E-state index in [-0.39, 0.29) is 19.8 Å². The van der Waals surface area contributed by atoms with E-state index < -0.39 is 10.4 Å². The van der Waals surface area contributed by atoms with Crippen LogP contribution in [0.1, 0.15) is 39.5 Å². The van der Waals surface area contributed by atoms with Crippen LogP contribution in [-0.4, -0.2) is 125 Å². The molecule has 0 heterocycles. The lowest BCUT2D eigenvalue weighted by Crippen LogP contribution is -2.15. The van der Waals surface area contributed by atoms with E-state index in [1.807, 2.05) is 0 Å². The van der Waals surface area contributed by atoms with Crippen LogP contribution in [0, 0.1) is 5.92 Å². The van der Waals surface area contributed by atoms with E-state index >= 15 is 0 Å². The van der Waals surface area contributed by atoms with Crippen LogP contribution in [0.2, 0.25) is 0 Å². The van der Waals surface area contributed by atoms with Gasteiger partial charge in [-0.3, -0.25) is 4.55 Å². The van der Waals surface area contributed by atoms with Crippen molar-refractivity contribution in [3.05, 3.63) is 0 Å². The molecule has 1 unspecified atom stereocenters. The molecule has 0 aliphatic rings. The fourth-order valence-electron chi connectivity index (χ4n) is 2.89. The molecule has 0 aromatic heterocycles. The minimum Gasteiger partial charge on any atom is -0.379 e. The summed E-state index contributed by atoms with van der Waals surface area (Å²) in [6.07, 6.45) is 4.91. The van der Waals surface area contributed by atoms with Crippen molar-refractivity contribution in [3.8, 4) is 0 Å². The topological polar surface area (TPSA) is 137 Å². The Morgan fingerprint density at radius 3 is 1.16 bits per heavy atom. The molecule has 0 spiro atoms. The summed E-state index contributed by atoms with van der Waals surface area (Å²) in [5, 5.41) is 0. The van der Waals surface area contributed by atoms with Gasteiger partial charge in [-0.1, -0.05) is 33.1 Å². The summed E-state index contributed by atoms with van der Waals surface area (Å²) in [6.45, 7) is 11.7. The SMILES string of the molecule is CCCCC(CC)COCCOCCOCCOCCOCCOCCOCCOCCOS(=O)(=O)O. The van der Waals surface area contributed by atoms with Gasteiger partial charge in [0.2, 0.25) is 0 Å². The third-order valence-electron chi connectivity index (χ3n) is 4.96. The average Bonchev–Trinajstić information content (AvgIpc) is 2.87. The number of hydrogen-bond acceptors (Lipinski definition) is 11. The number of unbranched alkanes of at least 4 members (excludes halogenated alkanes) is 1. The van der Waals surface area contributed by atoms with Crippen molar-refractivity contribution in [1.29, 1.82) is 0 Å². The molecule has 12 nitrogen and oxygen atoms in total. The zero-order chi connectivity index (χ0) is 27.3. The molecule has 1 N–H and O–H groups in total. The normalized spacial score (nSPS) is 12.8. The monoisotopic (exact) mass is 562 g/mol. The van der Waals surface area contributed by atoms with E-state index in [9.17, 15) is 8.42 Å². The van der Waals surface area contributed by atoms with Crippen LogP contribution < -0.4 is 0 Å². The van der Waals surface area contributed by atoms with Crippen molar-refractivity contribution >= 4 is 10.4 Å². The Morgan fingerprint density at radius 1 is 0.541 bits per heavy atom. The molecule has 0 aromatic rings. The molecule has 13 heteroatoms. The van der Waals surface area contributed by atoms with Gasteiger partial charge in [-0.05, 0) is 12.3 Å². The molecule has 0 rings (SSSR count). The average molecular weight is 563 g/mol. The number of ether oxygens (including phenoxy) is 8. The molecule has 0 aliphatic heterocycles. The maximum Gasteiger partial charge on any atom is 0.397 e. The van der Waals surface area contributed by atoms with Gasteiger partial charge in [-0.2, -0.15) is 8.42 Å². The Hall–Kier alpha value is -0.450. The van der Waals surface area contributed by atoms with Crippen molar-refractivity contribution in [1.82, 2.24) is 0 Å². The summed E-state index contributed by atoms with van der Waals surface area (Å²) < 4.78 is 76.4. The lowest BCUT2D eigenvalue weighted by molar-refractivity contribution is -0.0245. The Morgan fingerprint density at radius 2 is 0.865 bits per heavy atom. The Kier molecular flexibility index (Phi) is 28.2. The second-order valence-corrected chi connectivity index (χ2v) is 9.12. The molecule has 0 saturated heterocycles. The van der Waals surface area contributed by atoms with Crippen LogP contribution in [-0.2, 0) is 52.5 Å². The largest absolute Gasteiger partial charge is 0.397 e. The quantitative estimate of drug-likeness (QED) is 0.0979. The van der Waals surface area contributed by atoms with Crippen LogP contribution in [0.4, 0.5) is 0 Å². The molecule has 0 fully saturated rings. The Bertz CT molecular complexity index is 550. The van der Waals surface area contributed by atoms with Crippen molar-refractivity contribution in [2.45, 2.75) is 39.5 Å². The minimum absolute atomic E-state index is 0.0395. The van der Waals surface area contributed by atoms with Crippen molar-refractivity contribution in [2.75, 3.05) is 112 Å². The molecule has 0 radical (unpaired) electrons. The molecule has 0 aliphatic carbocycles. The highest BCUT2D eigenvalue weighted by atomic mass is 32.3. The van der Waals surface area contributed by atoms with Crippen LogP contribution in [0.15, 0.2) is 0 Å². The summed E-state index contributed by atoms with van der Waals surface area (Å²) in [7, 11) is -4.41. The third kappa shape index (κ3) is 31.7. The van der Waals surface area contributed by atoms with Gasteiger partial charge >= 0.3 is 10.4 Å². The van der Waals surface area contributed by atoms with Gasteiger partial charge in [0.25, 0.3) is 0 Å². The van der Waals surface area contributed by atoms with Gasteiger partial charge in [0.15, 0.2) is 0 Å². The first-order valence-corrected chi connectivity index (χ1v) is 14.6. The number of rotatable bonds is 31. The summed E-state index contributed by atoms with van der Waals surface area (Å²) in [5.74, 6) is 0.658. The summed E-state index contributed by atoms with van der Waals surface area (Å²) >= 11 is 0. The van der Waals surface area contributed by atoms with Gasteiger partial charge in [0.1, 0.15) is 0 Å². The lowest BCUT2D eigenvalue weighted by Gasteiger charge is -2.14. The fraction of sp³-hybridized carbons (Fsp3) is 1.00. The van der Waals surface area contributed by atoms with Gasteiger partial charge in [-0.25, -0.2) is 4.18 Å². The summed E-state index contributed by atoms with van der Waals surface area (Å²) in [4.78, 5) is 0.